The van der Waals surface area contributed by atoms with Crippen molar-refractivity contribution in [3.63, 3.8) is 0 Å². The predicted octanol–water partition coefficient (Wildman–Crippen LogP) is 2.92. The molecule has 0 spiro atoms. The number of aryl methyl sites for hydroxylation is 1. The lowest BCUT2D eigenvalue weighted by Gasteiger charge is -2.40. The van der Waals surface area contributed by atoms with Gasteiger partial charge in [0, 0.05) is 19.5 Å². The highest BCUT2D eigenvalue weighted by molar-refractivity contribution is 5.95. The van der Waals surface area contributed by atoms with Gasteiger partial charge < -0.3 is 9.80 Å². The van der Waals surface area contributed by atoms with Gasteiger partial charge in [-0.05, 0) is 30.9 Å². The summed E-state index contributed by atoms with van der Waals surface area (Å²) in [6, 6.07) is 19.8. The molecule has 0 N–H and O–H groups in total. The van der Waals surface area contributed by atoms with E-state index >= 15 is 0 Å². The SMILES string of the molecule is CCN1C(=O)CN(CCCc2ccccc2)C(=O)C1Cc1ccccc1. The first-order chi connectivity index (χ1) is 12.7. The fourth-order valence-electron chi connectivity index (χ4n) is 3.59. The van der Waals surface area contributed by atoms with E-state index in [1.165, 1.54) is 5.56 Å². The van der Waals surface area contributed by atoms with Crippen LogP contribution >= 0.6 is 0 Å². The van der Waals surface area contributed by atoms with Crippen molar-refractivity contribution in [1.29, 1.82) is 0 Å². The van der Waals surface area contributed by atoms with Crippen molar-refractivity contribution in [2.75, 3.05) is 19.6 Å². The zero-order valence-electron chi connectivity index (χ0n) is 15.3. The Morgan fingerprint density at radius 2 is 1.54 bits per heavy atom. The Hall–Kier alpha value is -2.62. The molecule has 0 aromatic heterocycles. The molecule has 4 nitrogen and oxygen atoms in total. The quantitative estimate of drug-likeness (QED) is 0.770. The van der Waals surface area contributed by atoms with Gasteiger partial charge in [0.15, 0.2) is 0 Å². The minimum atomic E-state index is -0.389. The number of amides is 2. The Morgan fingerprint density at radius 1 is 0.923 bits per heavy atom. The molecular weight excluding hydrogens is 324 g/mol. The second kappa shape index (κ2) is 8.65. The molecule has 1 atom stereocenters. The first kappa shape index (κ1) is 18.2. The van der Waals surface area contributed by atoms with Crippen LogP contribution in [0.3, 0.4) is 0 Å². The lowest BCUT2D eigenvalue weighted by Crippen LogP contribution is -2.60. The van der Waals surface area contributed by atoms with E-state index < -0.39 is 0 Å². The number of hydrogen-bond donors (Lipinski definition) is 0. The Kier molecular flexibility index (Phi) is 6.05. The highest BCUT2D eigenvalue weighted by Gasteiger charge is 2.38. The number of benzene rings is 2. The molecule has 1 aliphatic heterocycles. The molecule has 1 saturated heterocycles. The molecule has 1 heterocycles. The number of nitrogens with zero attached hydrogens (tertiary/aromatic N) is 2. The molecule has 136 valence electrons. The molecule has 2 amide bonds. The number of piperazine rings is 1. The van der Waals surface area contributed by atoms with Crippen LogP contribution in [-0.2, 0) is 22.4 Å². The zero-order valence-corrected chi connectivity index (χ0v) is 15.3. The van der Waals surface area contributed by atoms with Gasteiger partial charge in [0.25, 0.3) is 0 Å². The van der Waals surface area contributed by atoms with Crippen LogP contribution in [0.5, 0.6) is 0 Å². The van der Waals surface area contributed by atoms with Crippen molar-refractivity contribution in [2.24, 2.45) is 0 Å². The van der Waals surface area contributed by atoms with Gasteiger partial charge in [-0.25, -0.2) is 0 Å². The van der Waals surface area contributed by atoms with E-state index in [0.29, 0.717) is 19.5 Å². The summed E-state index contributed by atoms with van der Waals surface area (Å²) in [5, 5.41) is 0. The van der Waals surface area contributed by atoms with E-state index in [1.54, 1.807) is 9.80 Å². The molecule has 2 aromatic rings. The molecule has 2 aromatic carbocycles. The first-order valence-corrected chi connectivity index (χ1v) is 9.35. The van der Waals surface area contributed by atoms with Gasteiger partial charge >= 0.3 is 0 Å². The topological polar surface area (TPSA) is 40.6 Å². The average Bonchev–Trinajstić information content (AvgIpc) is 2.67. The maximum atomic E-state index is 13.0. The molecule has 0 bridgehead atoms. The summed E-state index contributed by atoms with van der Waals surface area (Å²) in [4.78, 5) is 29.0. The van der Waals surface area contributed by atoms with Gasteiger partial charge in [-0.2, -0.15) is 0 Å². The molecule has 0 radical (unpaired) electrons. The summed E-state index contributed by atoms with van der Waals surface area (Å²) in [5.41, 5.74) is 2.35. The predicted molar refractivity (Wildman–Crippen MR) is 103 cm³/mol. The molecule has 26 heavy (non-hydrogen) atoms. The summed E-state index contributed by atoms with van der Waals surface area (Å²) >= 11 is 0. The van der Waals surface area contributed by atoms with Crippen molar-refractivity contribution < 1.29 is 9.59 Å². The second-order valence-corrected chi connectivity index (χ2v) is 6.73. The lowest BCUT2D eigenvalue weighted by molar-refractivity contribution is -0.155. The van der Waals surface area contributed by atoms with E-state index in [-0.39, 0.29) is 24.4 Å². The van der Waals surface area contributed by atoms with Crippen LogP contribution in [0.4, 0.5) is 0 Å². The third kappa shape index (κ3) is 4.31. The fraction of sp³-hybridized carbons (Fsp3) is 0.364. The molecule has 0 aliphatic carbocycles. The average molecular weight is 350 g/mol. The molecule has 1 unspecified atom stereocenters. The maximum absolute atomic E-state index is 13.0. The van der Waals surface area contributed by atoms with Crippen LogP contribution in [0.2, 0.25) is 0 Å². The van der Waals surface area contributed by atoms with Crippen LogP contribution in [0.15, 0.2) is 60.7 Å². The molecule has 1 fully saturated rings. The van der Waals surface area contributed by atoms with Gasteiger partial charge in [-0.1, -0.05) is 60.7 Å². The first-order valence-electron chi connectivity index (χ1n) is 9.35. The monoisotopic (exact) mass is 350 g/mol. The fourth-order valence-corrected chi connectivity index (χ4v) is 3.59. The highest BCUT2D eigenvalue weighted by atomic mass is 16.2. The number of carbonyl (C=O) groups is 2. The van der Waals surface area contributed by atoms with Gasteiger partial charge in [-0.3, -0.25) is 9.59 Å². The van der Waals surface area contributed by atoms with E-state index in [4.69, 9.17) is 0 Å². The van der Waals surface area contributed by atoms with Crippen LogP contribution in [-0.4, -0.2) is 47.3 Å². The van der Waals surface area contributed by atoms with Crippen molar-refractivity contribution in [3.05, 3.63) is 71.8 Å². The summed E-state index contributed by atoms with van der Waals surface area (Å²) in [6.07, 6.45) is 2.36. The van der Waals surface area contributed by atoms with Crippen LogP contribution in [0, 0.1) is 0 Å². The molecular formula is C22H26N2O2. The second-order valence-electron chi connectivity index (χ2n) is 6.73. The van der Waals surface area contributed by atoms with Gasteiger partial charge in [0.1, 0.15) is 6.04 Å². The Labute approximate surface area is 155 Å². The van der Waals surface area contributed by atoms with Gasteiger partial charge in [0.2, 0.25) is 11.8 Å². The van der Waals surface area contributed by atoms with E-state index in [9.17, 15) is 9.59 Å². The van der Waals surface area contributed by atoms with Crippen molar-refractivity contribution >= 4 is 11.8 Å². The smallest absolute Gasteiger partial charge is 0.246 e. The van der Waals surface area contributed by atoms with E-state index in [2.05, 4.69) is 12.1 Å². The van der Waals surface area contributed by atoms with Gasteiger partial charge in [-0.15, -0.1) is 0 Å². The molecule has 0 saturated carbocycles. The normalized spacial score (nSPS) is 17.7. The third-order valence-corrected chi connectivity index (χ3v) is 4.97. The summed E-state index contributed by atoms with van der Waals surface area (Å²) in [7, 11) is 0. The molecule has 4 heteroatoms. The summed E-state index contributed by atoms with van der Waals surface area (Å²) in [5.74, 6) is 0.121. The summed E-state index contributed by atoms with van der Waals surface area (Å²) in [6.45, 7) is 3.34. The van der Waals surface area contributed by atoms with Crippen LogP contribution in [0.1, 0.15) is 24.5 Å². The van der Waals surface area contributed by atoms with Gasteiger partial charge in [0.05, 0.1) is 6.54 Å². The number of carbonyl (C=O) groups excluding carboxylic acids is 2. The number of rotatable bonds is 7. The highest BCUT2D eigenvalue weighted by Crippen LogP contribution is 2.18. The standard InChI is InChI=1S/C22H26N2O2/c1-2-24-20(16-19-12-7-4-8-13-19)22(26)23(17-21(24)25)15-9-14-18-10-5-3-6-11-18/h3-8,10-13,20H,2,9,14-17H2,1H3. The summed E-state index contributed by atoms with van der Waals surface area (Å²) < 4.78 is 0. The Bertz CT molecular complexity index is 730. The zero-order chi connectivity index (χ0) is 18.4. The molecule has 1 aliphatic rings. The number of hydrogen-bond acceptors (Lipinski definition) is 2. The minimum absolute atomic E-state index is 0.0488. The van der Waals surface area contributed by atoms with Crippen LogP contribution in [0.25, 0.3) is 0 Å². The minimum Gasteiger partial charge on any atom is -0.332 e. The van der Waals surface area contributed by atoms with Crippen molar-refractivity contribution in [2.45, 2.75) is 32.2 Å². The van der Waals surface area contributed by atoms with Crippen molar-refractivity contribution in [1.82, 2.24) is 9.80 Å². The lowest BCUT2D eigenvalue weighted by atomic mass is 10.0. The Balaban J connectivity index is 1.65. The third-order valence-electron chi connectivity index (χ3n) is 4.97. The van der Waals surface area contributed by atoms with Crippen LogP contribution < -0.4 is 0 Å². The molecule has 3 rings (SSSR count). The van der Waals surface area contributed by atoms with Crippen molar-refractivity contribution in [3.8, 4) is 0 Å². The largest absolute Gasteiger partial charge is 0.332 e. The van der Waals surface area contributed by atoms with E-state index in [0.717, 1.165) is 18.4 Å². The van der Waals surface area contributed by atoms with E-state index in [1.807, 2.05) is 55.5 Å². The Morgan fingerprint density at radius 3 is 2.15 bits per heavy atom. The maximum Gasteiger partial charge on any atom is 0.246 e. The number of likely N-dealkylation sites (N-methyl/N-ethyl adjacent to an activating group) is 1.